The topological polar surface area (TPSA) is 30.4 Å². The second-order valence-corrected chi connectivity index (χ2v) is 4.97. The number of rotatable bonds is 0. The number of aromatic nitrogens is 2. The molecule has 0 amide bonds. The summed E-state index contributed by atoms with van der Waals surface area (Å²) in [5.74, 6) is 0. The van der Waals surface area contributed by atoms with Gasteiger partial charge in [0.15, 0.2) is 0 Å². The van der Waals surface area contributed by atoms with Crippen LogP contribution in [-0.4, -0.2) is 9.38 Å². The SMILES string of the molecule is c1ccn2c(c1)nc1c3c(ccc4occc43)ccc12. The summed E-state index contributed by atoms with van der Waals surface area (Å²) in [5, 5.41) is 3.48. The molecule has 20 heavy (non-hydrogen) atoms. The maximum Gasteiger partial charge on any atom is 0.137 e. The number of furan rings is 1. The van der Waals surface area contributed by atoms with E-state index >= 15 is 0 Å². The predicted octanol–water partition coefficient (Wildman–Crippen LogP) is 4.39. The Labute approximate surface area is 114 Å². The Bertz CT molecular complexity index is 1100. The molecule has 0 saturated carbocycles. The number of hydrogen-bond acceptors (Lipinski definition) is 2. The van der Waals surface area contributed by atoms with Crippen molar-refractivity contribution in [3.05, 3.63) is 61.0 Å². The van der Waals surface area contributed by atoms with E-state index in [-0.39, 0.29) is 0 Å². The van der Waals surface area contributed by atoms with Gasteiger partial charge in [0.1, 0.15) is 11.2 Å². The number of pyridine rings is 1. The van der Waals surface area contributed by atoms with Crippen LogP contribution in [-0.2, 0) is 0 Å². The first kappa shape index (κ1) is 10.0. The largest absolute Gasteiger partial charge is 0.464 e. The third-order valence-corrected chi connectivity index (χ3v) is 3.89. The molecule has 0 aliphatic heterocycles. The molecule has 3 aromatic heterocycles. The van der Waals surface area contributed by atoms with E-state index in [1.807, 2.05) is 36.5 Å². The Hall–Kier alpha value is -2.81. The van der Waals surface area contributed by atoms with E-state index in [1.54, 1.807) is 6.26 Å². The zero-order valence-corrected chi connectivity index (χ0v) is 10.6. The molecule has 0 spiro atoms. The van der Waals surface area contributed by atoms with Crippen molar-refractivity contribution in [1.29, 1.82) is 0 Å². The van der Waals surface area contributed by atoms with E-state index in [9.17, 15) is 0 Å². The van der Waals surface area contributed by atoms with Gasteiger partial charge < -0.3 is 4.42 Å². The van der Waals surface area contributed by atoms with Gasteiger partial charge in [-0.3, -0.25) is 4.40 Å². The molecule has 0 aliphatic rings. The fraction of sp³-hybridized carbons (Fsp3) is 0. The number of benzene rings is 2. The number of nitrogens with zero attached hydrogens (tertiary/aromatic N) is 2. The van der Waals surface area contributed by atoms with E-state index in [0.717, 1.165) is 33.0 Å². The van der Waals surface area contributed by atoms with Crippen LogP contribution in [0.15, 0.2) is 65.4 Å². The van der Waals surface area contributed by atoms with E-state index < -0.39 is 0 Å². The van der Waals surface area contributed by atoms with Crippen LogP contribution < -0.4 is 0 Å². The summed E-state index contributed by atoms with van der Waals surface area (Å²) in [6, 6.07) is 16.5. The van der Waals surface area contributed by atoms with Crippen molar-refractivity contribution in [2.24, 2.45) is 0 Å². The third-order valence-electron chi connectivity index (χ3n) is 3.89. The van der Waals surface area contributed by atoms with E-state index in [0.29, 0.717) is 0 Å². The summed E-state index contributed by atoms with van der Waals surface area (Å²) >= 11 is 0. The minimum atomic E-state index is 0.905. The van der Waals surface area contributed by atoms with Crippen LogP contribution in [0.4, 0.5) is 0 Å². The van der Waals surface area contributed by atoms with Gasteiger partial charge in [-0.15, -0.1) is 0 Å². The summed E-state index contributed by atoms with van der Waals surface area (Å²) in [4.78, 5) is 4.79. The van der Waals surface area contributed by atoms with Crippen LogP contribution >= 0.6 is 0 Å². The summed E-state index contributed by atoms with van der Waals surface area (Å²) in [6.45, 7) is 0. The van der Waals surface area contributed by atoms with E-state index in [1.165, 1.54) is 5.39 Å². The molecule has 0 aliphatic carbocycles. The molecular formula is C17H10N2O. The lowest BCUT2D eigenvalue weighted by molar-refractivity contribution is 0.616. The number of fused-ring (bicyclic) bond motifs is 7. The van der Waals surface area contributed by atoms with Crippen molar-refractivity contribution >= 4 is 38.4 Å². The minimum Gasteiger partial charge on any atom is -0.464 e. The quantitative estimate of drug-likeness (QED) is 0.412. The van der Waals surface area contributed by atoms with Gasteiger partial charge in [0.2, 0.25) is 0 Å². The Morgan fingerprint density at radius 2 is 1.90 bits per heavy atom. The van der Waals surface area contributed by atoms with Crippen molar-refractivity contribution < 1.29 is 4.42 Å². The summed E-state index contributed by atoms with van der Waals surface area (Å²) in [7, 11) is 0. The van der Waals surface area contributed by atoms with Crippen LogP contribution in [0.1, 0.15) is 0 Å². The fourth-order valence-electron chi connectivity index (χ4n) is 2.99. The van der Waals surface area contributed by atoms with Gasteiger partial charge in [0, 0.05) is 17.0 Å². The van der Waals surface area contributed by atoms with Crippen LogP contribution in [0.5, 0.6) is 0 Å². The average Bonchev–Trinajstić information content (AvgIpc) is 3.10. The van der Waals surface area contributed by atoms with E-state index in [4.69, 9.17) is 9.40 Å². The lowest BCUT2D eigenvalue weighted by atomic mass is 10.1. The Morgan fingerprint density at radius 3 is 2.90 bits per heavy atom. The average molecular weight is 258 g/mol. The maximum atomic E-state index is 5.51. The molecule has 0 saturated heterocycles. The van der Waals surface area contributed by atoms with Gasteiger partial charge in [-0.05, 0) is 35.7 Å². The highest BCUT2D eigenvalue weighted by Crippen LogP contribution is 2.32. The standard InChI is InChI=1S/C17H10N2O/c1-2-9-19-13-6-4-11-5-7-14-12(8-10-20-14)16(11)17(13)18-15(19)3-1/h1-10H. The molecule has 5 rings (SSSR count). The molecule has 3 heteroatoms. The molecule has 94 valence electrons. The van der Waals surface area contributed by atoms with Crippen molar-refractivity contribution in [3.8, 4) is 0 Å². The van der Waals surface area contributed by atoms with Crippen LogP contribution in [0.25, 0.3) is 38.4 Å². The van der Waals surface area contributed by atoms with Gasteiger partial charge in [0.25, 0.3) is 0 Å². The molecule has 0 radical (unpaired) electrons. The van der Waals surface area contributed by atoms with Gasteiger partial charge in [-0.1, -0.05) is 18.2 Å². The van der Waals surface area contributed by atoms with Crippen molar-refractivity contribution in [1.82, 2.24) is 9.38 Å². The predicted molar refractivity (Wildman–Crippen MR) is 80.0 cm³/mol. The lowest BCUT2D eigenvalue weighted by Crippen LogP contribution is -1.81. The number of hydrogen-bond donors (Lipinski definition) is 0. The molecule has 0 bridgehead atoms. The van der Waals surface area contributed by atoms with Crippen LogP contribution in [0.2, 0.25) is 0 Å². The molecule has 0 N–H and O–H groups in total. The molecule has 3 nitrogen and oxygen atoms in total. The van der Waals surface area contributed by atoms with Gasteiger partial charge in [0.05, 0.1) is 17.3 Å². The maximum absolute atomic E-state index is 5.51. The first-order valence-electron chi connectivity index (χ1n) is 6.57. The van der Waals surface area contributed by atoms with Gasteiger partial charge in [-0.25, -0.2) is 4.98 Å². The van der Waals surface area contributed by atoms with E-state index in [2.05, 4.69) is 22.6 Å². The van der Waals surface area contributed by atoms with Gasteiger partial charge >= 0.3 is 0 Å². The first-order valence-corrected chi connectivity index (χ1v) is 6.57. The minimum absolute atomic E-state index is 0.905. The Balaban J connectivity index is 2.16. The molecular weight excluding hydrogens is 248 g/mol. The third kappa shape index (κ3) is 1.12. The van der Waals surface area contributed by atoms with Crippen molar-refractivity contribution in [2.75, 3.05) is 0 Å². The zero-order valence-electron chi connectivity index (χ0n) is 10.6. The molecule has 2 aromatic carbocycles. The summed E-state index contributed by atoms with van der Waals surface area (Å²) in [5.41, 5.74) is 4.03. The molecule has 3 heterocycles. The highest BCUT2D eigenvalue weighted by atomic mass is 16.3. The zero-order chi connectivity index (χ0) is 13.1. The summed E-state index contributed by atoms with van der Waals surface area (Å²) in [6.07, 6.45) is 3.78. The molecule has 0 unspecified atom stereocenters. The highest BCUT2D eigenvalue weighted by molar-refractivity contribution is 6.18. The fourth-order valence-corrected chi connectivity index (χ4v) is 2.99. The second kappa shape index (κ2) is 3.39. The Morgan fingerprint density at radius 1 is 0.950 bits per heavy atom. The number of imidazole rings is 1. The Kier molecular flexibility index (Phi) is 1.70. The van der Waals surface area contributed by atoms with Gasteiger partial charge in [-0.2, -0.15) is 0 Å². The second-order valence-electron chi connectivity index (χ2n) is 4.97. The van der Waals surface area contributed by atoms with Crippen LogP contribution in [0, 0.1) is 0 Å². The first-order chi connectivity index (χ1) is 9.92. The molecule has 0 fully saturated rings. The molecule has 0 atom stereocenters. The lowest BCUT2D eigenvalue weighted by Gasteiger charge is -2.00. The smallest absolute Gasteiger partial charge is 0.137 e. The normalized spacial score (nSPS) is 12.0. The van der Waals surface area contributed by atoms with Crippen LogP contribution in [0.3, 0.4) is 0 Å². The monoisotopic (exact) mass is 258 g/mol. The molecule has 5 aromatic rings. The summed E-state index contributed by atoms with van der Waals surface area (Å²) < 4.78 is 7.63. The van der Waals surface area contributed by atoms with Crippen molar-refractivity contribution in [3.63, 3.8) is 0 Å². The highest BCUT2D eigenvalue weighted by Gasteiger charge is 2.11. The van der Waals surface area contributed by atoms with Crippen molar-refractivity contribution in [2.45, 2.75) is 0 Å².